The minimum atomic E-state index is -0.122. The second-order valence-corrected chi connectivity index (χ2v) is 2.68. The van der Waals surface area contributed by atoms with Crippen LogP contribution in [0.25, 0.3) is 0 Å². The molecule has 0 aliphatic carbocycles. The molecule has 0 radical (unpaired) electrons. The Balaban J connectivity index is 2.84. The Morgan fingerprint density at radius 3 is 2.38 bits per heavy atom. The van der Waals surface area contributed by atoms with E-state index in [0.717, 1.165) is 0 Å². The lowest BCUT2D eigenvalue weighted by Gasteiger charge is -2.16. The molecule has 0 aliphatic rings. The summed E-state index contributed by atoms with van der Waals surface area (Å²) in [6.45, 7) is 6.88. The van der Waals surface area contributed by atoms with E-state index in [1.54, 1.807) is 11.8 Å². The largest absolute Gasteiger partial charge is 0.338 e. The molecule has 0 bridgehead atoms. The number of hydrogen-bond acceptors (Lipinski definition) is 4. The number of amides is 1. The smallest absolute Gasteiger partial charge is 0.278 e. The Bertz CT molecular complexity index is 291. The number of aryl methyl sites for hydroxylation is 1. The monoisotopic (exact) mass is 183 g/mol. The lowest BCUT2D eigenvalue weighted by atomic mass is 10.3. The molecule has 5 heteroatoms. The van der Waals surface area contributed by atoms with E-state index in [-0.39, 0.29) is 5.91 Å². The molecule has 1 amide bonds. The van der Waals surface area contributed by atoms with E-state index in [1.807, 2.05) is 13.8 Å². The first kappa shape index (κ1) is 9.70. The van der Waals surface area contributed by atoms with Crippen LogP contribution in [0.1, 0.15) is 30.0 Å². The van der Waals surface area contributed by atoms with Crippen molar-refractivity contribution in [1.29, 1.82) is 0 Å². The predicted octanol–water partition coefficient (Wildman–Crippen LogP) is 0.860. The van der Waals surface area contributed by atoms with Crippen molar-refractivity contribution in [3.8, 4) is 0 Å². The summed E-state index contributed by atoms with van der Waals surface area (Å²) in [5.41, 5.74) is 0.848. The highest BCUT2D eigenvalue weighted by Gasteiger charge is 2.19. The number of carbonyl (C=O) groups is 1. The molecule has 13 heavy (non-hydrogen) atoms. The van der Waals surface area contributed by atoms with Gasteiger partial charge in [0.25, 0.3) is 5.91 Å². The summed E-state index contributed by atoms with van der Waals surface area (Å²) in [4.78, 5) is 13.3. The summed E-state index contributed by atoms with van der Waals surface area (Å²) in [6, 6.07) is 0. The van der Waals surface area contributed by atoms with Gasteiger partial charge in [-0.15, -0.1) is 0 Å². The first-order valence-corrected chi connectivity index (χ1v) is 4.29. The van der Waals surface area contributed by atoms with Crippen LogP contribution in [0.5, 0.6) is 0 Å². The highest BCUT2D eigenvalue weighted by Crippen LogP contribution is 2.04. The maximum atomic E-state index is 11.7. The number of hydrogen-bond donors (Lipinski definition) is 0. The molecule has 1 heterocycles. The van der Waals surface area contributed by atoms with Crippen molar-refractivity contribution >= 4 is 5.91 Å². The van der Waals surface area contributed by atoms with E-state index in [2.05, 4.69) is 14.9 Å². The molecule has 5 nitrogen and oxygen atoms in total. The van der Waals surface area contributed by atoms with Gasteiger partial charge in [0.1, 0.15) is 5.69 Å². The first-order valence-electron chi connectivity index (χ1n) is 4.29. The van der Waals surface area contributed by atoms with E-state index >= 15 is 0 Å². The van der Waals surface area contributed by atoms with Crippen LogP contribution < -0.4 is 0 Å². The molecule has 0 atom stereocenters. The Morgan fingerprint density at radius 1 is 1.38 bits per heavy atom. The number of aromatic nitrogens is 2. The van der Waals surface area contributed by atoms with Crippen molar-refractivity contribution in [1.82, 2.24) is 15.2 Å². The molecule has 0 fully saturated rings. The van der Waals surface area contributed by atoms with Crippen molar-refractivity contribution in [3.63, 3.8) is 0 Å². The molecule has 72 valence electrons. The van der Waals surface area contributed by atoms with Gasteiger partial charge >= 0.3 is 0 Å². The van der Waals surface area contributed by atoms with Crippen molar-refractivity contribution in [2.75, 3.05) is 13.1 Å². The fraction of sp³-hybridized carbons (Fsp3) is 0.625. The van der Waals surface area contributed by atoms with Gasteiger partial charge in [0.05, 0.1) is 0 Å². The molecular weight excluding hydrogens is 170 g/mol. The Hall–Kier alpha value is -1.39. The van der Waals surface area contributed by atoms with Crippen molar-refractivity contribution in [2.24, 2.45) is 0 Å². The van der Waals surface area contributed by atoms with Gasteiger partial charge in [0.2, 0.25) is 0 Å². The van der Waals surface area contributed by atoms with Gasteiger partial charge < -0.3 is 4.90 Å². The maximum Gasteiger partial charge on any atom is 0.278 e. The summed E-state index contributed by atoms with van der Waals surface area (Å²) in [7, 11) is 0. The summed E-state index contributed by atoms with van der Waals surface area (Å²) in [5.74, 6) is -0.122. The SMILES string of the molecule is CCN(CC)C(=O)c1nonc1C. The summed E-state index contributed by atoms with van der Waals surface area (Å²) in [6.07, 6.45) is 0. The molecule has 0 saturated heterocycles. The lowest BCUT2D eigenvalue weighted by Crippen LogP contribution is -2.31. The average molecular weight is 183 g/mol. The molecule has 0 aromatic carbocycles. The number of carbonyl (C=O) groups excluding carboxylic acids is 1. The second-order valence-electron chi connectivity index (χ2n) is 2.68. The number of rotatable bonds is 3. The Kier molecular flexibility index (Phi) is 3.00. The van der Waals surface area contributed by atoms with Crippen LogP contribution in [0, 0.1) is 6.92 Å². The maximum absolute atomic E-state index is 11.7. The van der Waals surface area contributed by atoms with Gasteiger partial charge in [-0.25, -0.2) is 4.63 Å². The zero-order valence-corrected chi connectivity index (χ0v) is 8.07. The molecule has 0 aliphatic heterocycles. The van der Waals surface area contributed by atoms with E-state index in [1.165, 1.54) is 0 Å². The quantitative estimate of drug-likeness (QED) is 0.697. The molecule has 0 N–H and O–H groups in total. The Morgan fingerprint density at radius 2 is 2.00 bits per heavy atom. The third-order valence-electron chi connectivity index (χ3n) is 1.91. The average Bonchev–Trinajstić information content (AvgIpc) is 2.53. The predicted molar refractivity (Wildman–Crippen MR) is 46.3 cm³/mol. The first-order chi connectivity index (χ1) is 6.20. The van der Waals surface area contributed by atoms with Crippen LogP contribution in [0.3, 0.4) is 0 Å². The van der Waals surface area contributed by atoms with Crippen molar-refractivity contribution in [2.45, 2.75) is 20.8 Å². The van der Waals surface area contributed by atoms with E-state index in [4.69, 9.17) is 0 Å². The van der Waals surface area contributed by atoms with Gasteiger partial charge in [-0.3, -0.25) is 4.79 Å². The van der Waals surface area contributed by atoms with Crippen molar-refractivity contribution in [3.05, 3.63) is 11.4 Å². The highest BCUT2D eigenvalue weighted by atomic mass is 16.6. The van der Waals surface area contributed by atoms with Crippen LogP contribution in [-0.2, 0) is 0 Å². The molecule has 0 spiro atoms. The molecule has 1 aromatic heterocycles. The van der Waals surface area contributed by atoms with E-state index in [0.29, 0.717) is 24.5 Å². The normalized spacial score (nSPS) is 10.1. The summed E-state index contributed by atoms with van der Waals surface area (Å²) in [5, 5.41) is 7.11. The zero-order valence-electron chi connectivity index (χ0n) is 8.07. The fourth-order valence-corrected chi connectivity index (χ4v) is 1.09. The van der Waals surface area contributed by atoms with Gasteiger partial charge in [-0.1, -0.05) is 5.16 Å². The minimum Gasteiger partial charge on any atom is -0.338 e. The molecule has 1 aromatic rings. The third-order valence-corrected chi connectivity index (χ3v) is 1.91. The van der Waals surface area contributed by atoms with Crippen LogP contribution in [0.2, 0.25) is 0 Å². The van der Waals surface area contributed by atoms with Gasteiger partial charge in [0.15, 0.2) is 5.69 Å². The molecule has 0 unspecified atom stereocenters. The minimum absolute atomic E-state index is 0.122. The highest BCUT2D eigenvalue weighted by molar-refractivity contribution is 5.92. The summed E-state index contributed by atoms with van der Waals surface area (Å²) < 4.78 is 4.46. The van der Waals surface area contributed by atoms with Gasteiger partial charge in [-0.2, -0.15) is 0 Å². The molecule has 1 rings (SSSR count). The van der Waals surface area contributed by atoms with E-state index < -0.39 is 0 Å². The van der Waals surface area contributed by atoms with Crippen molar-refractivity contribution < 1.29 is 9.42 Å². The standard InChI is InChI=1S/C8H13N3O2/c1-4-11(5-2)8(12)7-6(3)9-13-10-7/h4-5H2,1-3H3. The third kappa shape index (κ3) is 1.85. The molecule has 0 saturated carbocycles. The molecular formula is C8H13N3O2. The second kappa shape index (κ2) is 4.02. The van der Waals surface area contributed by atoms with Gasteiger partial charge in [0, 0.05) is 13.1 Å². The van der Waals surface area contributed by atoms with Crippen LogP contribution in [-0.4, -0.2) is 34.2 Å². The lowest BCUT2D eigenvalue weighted by molar-refractivity contribution is 0.0761. The van der Waals surface area contributed by atoms with E-state index in [9.17, 15) is 4.79 Å². The van der Waals surface area contributed by atoms with Crippen LogP contribution in [0.15, 0.2) is 4.63 Å². The Labute approximate surface area is 76.7 Å². The summed E-state index contributed by atoms with van der Waals surface area (Å²) >= 11 is 0. The zero-order chi connectivity index (χ0) is 9.84. The van der Waals surface area contributed by atoms with Crippen LogP contribution >= 0.6 is 0 Å². The van der Waals surface area contributed by atoms with Gasteiger partial charge in [-0.05, 0) is 25.9 Å². The topological polar surface area (TPSA) is 59.2 Å². The van der Waals surface area contributed by atoms with Crippen LogP contribution in [0.4, 0.5) is 0 Å². The fourth-order valence-electron chi connectivity index (χ4n) is 1.09. The number of nitrogens with zero attached hydrogens (tertiary/aromatic N) is 3.